The standard InChI is InChI=1S/C24H19F4N3O2S2/c1-15-14-20(29-21(32)12-6-16-2-8-18(9-3-16)34-23(25)26)31(30-15)22(33)13-7-17-4-10-19(11-5-17)35-24(27)28/h2-14,23-24H,1H3,(H,29,32). The maximum atomic E-state index is 12.6. The van der Waals surface area contributed by atoms with Crippen LogP contribution in [-0.2, 0) is 4.79 Å². The molecular weight excluding hydrogens is 502 g/mol. The van der Waals surface area contributed by atoms with Crippen LogP contribution in [0.2, 0.25) is 0 Å². The van der Waals surface area contributed by atoms with Crippen molar-refractivity contribution in [3.63, 3.8) is 0 Å². The fourth-order valence-electron chi connectivity index (χ4n) is 2.86. The topological polar surface area (TPSA) is 64.0 Å². The summed E-state index contributed by atoms with van der Waals surface area (Å²) < 4.78 is 50.7. The average Bonchev–Trinajstić information content (AvgIpc) is 3.17. The van der Waals surface area contributed by atoms with E-state index in [0.29, 0.717) is 50.1 Å². The average molecular weight is 522 g/mol. The molecule has 5 nitrogen and oxygen atoms in total. The molecular formula is C24H19F4N3O2S2. The lowest BCUT2D eigenvalue weighted by Crippen LogP contribution is -2.17. The Bertz CT molecular complexity index is 1220. The van der Waals surface area contributed by atoms with Crippen LogP contribution in [0.3, 0.4) is 0 Å². The third kappa shape index (κ3) is 8.45. The SMILES string of the molecule is Cc1cc(NC(=O)C=Cc2ccc(SC(F)F)cc2)n(C(=O)C=Cc2ccc(SC(F)F)cc2)n1. The van der Waals surface area contributed by atoms with Crippen LogP contribution < -0.4 is 5.32 Å². The smallest absolute Gasteiger partial charge is 0.288 e. The fraction of sp³-hybridized carbons (Fsp3) is 0.125. The number of hydrogen-bond acceptors (Lipinski definition) is 5. The molecule has 3 aromatic rings. The van der Waals surface area contributed by atoms with Gasteiger partial charge in [0.25, 0.3) is 17.4 Å². The summed E-state index contributed by atoms with van der Waals surface area (Å²) in [6, 6.07) is 14.1. The molecule has 11 heteroatoms. The van der Waals surface area contributed by atoms with Crippen LogP contribution in [0, 0.1) is 6.92 Å². The Kier molecular flexibility index (Phi) is 9.32. The van der Waals surface area contributed by atoms with Gasteiger partial charge in [0.2, 0.25) is 5.91 Å². The Morgan fingerprint density at radius 3 is 1.83 bits per heavy atom. The van der Waals surface area contributed by atoms with Gasteiger partial charge in [-0.25, -0.2) is 0 Å². The highest BCUT2D eigenvalue weighted by atomic mass is 32.2. The Morgan fingerprint density at radius 1 is 0.857 bits per heavy atom. The molecule has 1 amide bonds. The van der Waals surface area contributed by atoms with Gasteiger partial charge in [0.15, 0.2) is 0 Å². The van der Waals surface area contributed by atoms with Crippen LogP contribution in [0.25, 0.3) is 12.2 Å². The van der Waals surface area contributed by atoms with Gasteiger partial charge in [-0.1, -0.05) is 47.8 Å². The van der Waals surface area contributed by atoms with Gasteiger partial charge in [-0.15, -0.1) is 0 Å². The number of nitrogens with one attached hydrogen (secondary N) is 1. The zero-order valence-corrected chi connectivity index (χ0v) is 19.8. The summed E-state index contributed by atoms with van der Waals surface area (Å²) in [5.41, 5.74) is 1.78. The van der Waals surface area contributed by atoms with Crippen LogP contribution in [-0.4, -0.2) is 33.1 Å². The van der Waals surface area contributed by atoms with E-state index in [2.05, 4.69) is 10.4 Å². The normalized spacial score (nSPS) is 11.7. The highest BCUT2D eigenvalue weighted by Gasteiger charge is 2.12. The quantitative estimate of drug-likeness (QED) is 0.190. The third-order valence-electron chi connectivity index (χ3n) is 4.35. The monoisotopic (exact) mass is 521 g/mol. The highest BCUT2D eigenvalue weighted by molar-refractivity contribution is 7.99. The number of aryl methyl sites for hydroxylation is 1. The van der Waals surface area contributed by atoms with E-state index in [0.717, 1.165) is 4.68 Å². The summed E-state index contributed by atoms with van der Waals surface area (Å²) in [4.78, 5) is 25.8. The molecule has 35 heavy (non-hydrogen) atoms. The zero-order valence-electron chi connectivity index (χ0n) is 18.2. The van der Waals surface area contributed by atoms with Gasteiger partial charge in [-0.05, 0) is 54.5 Å². The summed E-state index contributed by atoms with van der Waals surface area (Å²) in [5, 5.41) is 6.69. The number of aromatic nitrogens is 2. The van der Waals surface area contributed by atoms with Crippen LogP contribution in [0.4, 0.5) is 23.4 Å². The molecule has 0 fully saturated rings. The lowest BCUT2D eigenvalue weighted by molar-refractivity contribution is -0.111. The molecule has 0 aliphatic rings. The minimum absolute atomic E-state index is 0.166. The molecule has 0 saturated carbocycles. The molecule has 2 aromatic carbocycles. The van der Waals surface area contributed by atoms with E-state index in [1.165, 1.54) is 54.6 Å². The second kappa shape index (κ2) is 12.4. The Labute approximate surface area is 207 Å². The van der Waals surface area contributed by atoms with E-state index < -0.39 is 23.3 Å². The first-order valence-electron chi connectivity index (χ1n) is 10.1. The van der Waals surface area contributed by atoms with Crippen molar-refractivity contribution in [1.29, 1.82) is 0 Å². The number of carbonyl (C=O) groups excluding carboxylic acids is 2. The molecule has 182 valence electrons. The number of carbonyl (C=O) groups is 2. The predicted molar refractivity (Wildman–Crippen MR) is 131 cm³/mol. The van der Waals surface area contributed by atoms with E-state index in [1.54, 1.807) is 31.2 Å². The van der Waals surface area contributed by atoms with E-state index in [9.17, 15) is 27.2 Å². The molecule has 0 aliphatic carbocycles. The number of amides is 1. The second-order valence-electron chi connectivity index (χ2n) is 6.97. The summed E-state index contributed by atoms with van der Waals surface area (Å²) in [7, 11) is 0. The lowest BCUT2D eigenvalue weighted by Gasteiger charge is -2.04. The first kappa shape index (κ1) is 26.3. The van der Waals surface area contributed by atoms with Crippen molar-refractivity contribution in [2.45, 2.75) is 28.2 Å². The molecule has 1 aromatic heterocycles. The Morgan fingerprint density at radius 2 is 1.34 bits per heavy atom. The van der Waals surface area contributed by atoms with Gasteiger partial charge in [0.1, 0.15) is 5.82 Å². The van der Waals surface area contributed by atoms with E-state index in [1.807, 2.05) is 0 Å². The van der Waals surface area contributed by atoms with Crippen molar-refractivity contribution in [2.75, 3.05) is 5.32 Å². The van der Waals surface area contributed by atoms with Gasteiger partial charge in [-0.2, -0.15) is 27.3 Å². The Balaban J connectivity index is 1.63. The molecule has 3 rings (SSSR count). The summed E-state index contributed by atoms with van der Waals surface area (Å²) >= 11 is 0.864. The number of nitrogens with zero attached hydrogens (tertiary/aromatic N) is 2. The van der Waals surface area contributed by atoms with Crippen molar-refractivity contribution in [1.82, 2.24) is 9.78 Å². The molecule has 1 N–H and O–H groups in total. The summed E-state index contributed by atoms with van der Waals surface area (Å²) in [6.45, 7) is 1.66. The fourth-order valence-corrected chi connectivity index (χ4v) is 3.85. The second-order valence-corrected chi connectivity index (χ2v) is 9.10. The van der Waals surface area contributed by atoms with Crippen molar-refractivity contribution in [2.24, 2.45) is 0 Å². The first-order chi connectivity index (χ1) is 16.7. The van der Waals surface area contributed by atoms with Gasteiger partial charge in [-0.3, -0.25) is 9.59 Å². The predicted octanol–water partition coefficient (Wildman–Crippen LogP) is 6.83. The third-order valence-corrected chi connectivity index (χ3v) is 5.79. The minimum Gasteiger partial charge on any atom is -0.307 e. The number of anilines is 1. The van der Waals surface area contributed by atoms with Crippen molar-refractivity contribution in [3.05, 3.63) is 83.6 Å². The number of thioether (sulfide) groups is 2. The van der Waals surface area contributed by atoms with Crippen molar-refractivity contribution >= 4 is 53.3 Å². The van der Waals surface area contributed by atoms with Crippen LogP contribution >= 0.6 is 23.5 Å². The van der Waals surface area contributed by atoms with Crippen molar-refractivity contribution < 1.29 is 27.2 Å². The summed E-state index contributed by atoms with van der Waals surface area (Å²) in [5.74, 6) is -5.89. The van der Waals surface area contributed by atoms with Crippen LogP contribution in [0.1, 0.15) is 21.6 Å². The Hall–Kier alpha value is -3.31. The molecule has 0 unspecified atom stereocenters. The first-order valence-corrected chi connectivity index (χ1v) is 11.8. The number of hydrogen-bond donors (Lipinski definition) is 1. The molecule has 0 atom stereocenters. The maximum Gasteiger partial charge on any atom is 0.288 e. The van der Waals surface area contributed by atoms with E-state index in [4.69, 9.17) is 0 Å². The maximum absolute atomic E-state index is 12.6. The zero-order chi connectivity index (χ0) is 25.4. The number of benzene rings is 2. The summed E-state index contributed by atoms with van der Waals surface area (Å²) in [6.07, 6.45) is 5.53. The molecule has 0 aliphatic heterocycles. The van der Waals surface area contributed by atoms with Gasteiger partial charge in [0, 0.05) is 28.0 Å². The lowest BCUT2D eigenvalue weighted by atomic mass is 10.2. The van der Waals surface area contributed by atoms with Gasteiger partial charge in [0.05, 0.1) is 5.69 Å². The molecule has 1 heterocycles. The largest absolute Gasteiger partial charge is 0.307 e. The number of rotatable bonds is 9. The molecule has 0 radical (unpaired) electrons. The van der Waals surface area contributed by atoms with Gasteiger partial charge >= 0.3 is 0 Å². The molecule has 0 saturated heterocycles. The number of allylic oxidation sites excluding steroid dienone is 1. The highest BCUT2D eigenvalue weighted by Crippen LogP contribution is 2.26. The molecule has 0 spiro atoms. The minimum atomic E-state index is -2.51. The van der Waals surface area contributed by atoms with Crippen molar-refractivity contribution in [3.8, 4) is 0 Å². The van der Waals surface area contributed by atoms with E-state index >= 15 is 0 Å². The number of alkyl halides is 4. The van der Waals surface area contributed by atoms with Gasteiger partial charge < -0.3 is 5.32 Å². The number of halogens is 4. The van der Waals surface area contributed by atoms with E-state index in [-0.39, 0.29) is 5.82 Å². The molecule has 0 bridgehead atoms. The van der Waals surface area contributed by atoms with Crippen LogP contribution in [0.15, 0.2) is 76.5 Å². The van der Waals surface area contributed by atoms with Crippen LogP contribution in [0.5, 0.6) is 0 Å².